The molecular weight excluding hydrogens is 422 g/mol. The SMILES string of the molecule is C#C.C/C=C\C=C(/CSC(c1ccccc1)c1ccccc1)CN1CCN(C(=N)CC)CC1. The Morgan fingerprint density at radius 3 is 2.00 bits per heavy atom. The van der Waals surface area contributed by atoms with Crippen LogP contribution in [0.25, 0.3) is 0 Å². The van der Waals surface area contributed by atoms with E-state index in [2.05, 4.69) is 115 Å². The molecule has 4 heteroatoms. The van der Waals surface area contributed by atoms with Gasteiger partial charge in [-0.1, -0.05) is 85.8 Å². The average molecular weight is 460 g/mol. The minimum atomic E-state index is 0.332. The molecule has 174 valence electrons. The molecule has 3 nitrogen and oxygen atoms in total. The molecular formula is C29H37N3S. The average Bonchev–Trinajstić information content (AvgIpc) is 2.89. The molecule has 0 aromatic heterocycles. The molecule has 2 aromatic rings. The van der Waals surface area contributed by atoms with Crippen LogP contribution in [0.15, 0.2) is 84.5 Å². The van der Waals surface area contributed by atoms with Crippen LogP contribution in [0, 0.1) is 18.3 Å². The van der Waals surface area contributed by atoms with E-state index in [1.165, 1.54) is 16.7 Å². The normalized spacial score (nSPS) is 14.8. The number of piperazine rings is 1. The van der Waals surface area contributed by atoms with Crippen molar-refractivity contribution in [1.82, 2.24) is 9.80 Å². The predicted molar refractivity (Wildman–Crippen MR) is 146 cm³/mol. The minimum Gasteiger partial charge on any atom is -0.358 e. The molecule has 0 spiro atoms. The van der Waals surface area contributed by atoms with Gasteiger partial charge in [0.2, 0.25) is 0 Å². The van der Waals surface area contributed by atoms with Crippen LogP contribution in [0.3, 0.4) is 0 Å². The lowest BCUT2D eigenvalue weighted by molar-refractivity contribution is 0.192. The quantitative estimate of drug-likeness (QED) is 0.208. The van der Waals surface area contributed by atoms with Gasteiger partial charge in [-0.25, -0.2) is 0 Å². The first-order valence-electron chi connectivity index (χ1n) is 11.6. The molecule has 0 amide bonds. The Morgan fingerprint density at radius 1 is 0.970 bits per heavy atom. The van der Waals surface area contributed by atoms with Crippen LogP contribution in [0.5, 0.6) is 0 Å². The maximum atomic E-state index is 8.09. The molecule has 0 aliphatic carbocycles. The van der Waals surface area contributed by atoms with Crippen molar-refractivity contribution in [3.05, 3.63) is 95.6 Å². The summed E-state index contributed by atoms with van der Waals surface area (Å²) in [7, 11) is 0. The third-order valence-corrected chi connectivity index (χ3v) is 7.10. The number of hydrogen-bond acceptors (Lipinski definition) is 3. The van der Waals surface area contributed by atoms with Crippen LogP contribution in [0.2, 0.25) is 0 Å². The molecule has 0 atom stereocenters. The second-order valence-electron chi connectivity index (χ2n) is 7.93. The van der Waals surface area contributed by atoms with E-state index in [4.69, 9.17) is 5.41 Å². The van der Waals surface area contributed by atoms with Crippen LogP contribution in [-0.2, 0) is 0 Å². The van der Waals surface area contributed by atoms with Gasteiger partial charge in [0.05, 0.1) is 11.1 Å². The highest BCUT2D eigenvalue weighted by Crippen LogP contribution is 2.36. The Morgan fingerprint density at radius 2 is 1.52 bits per heavy atom. The zero-order valence-corrected chi connectivity index (χ0v) is 20.8. The first kappa shape index (κ1) is 26.5. The molecule has 0 radical (unpaired) electrons. The van der Waals surface area contributed by atoms with Crippen molar-refractivity contribution in [3.8, 4) is 12.8 Å². The second-order valence-corrected chi connectivity index (χ2v) is 9.02. The predicted octanol–water partition coefficient (Wildman–Crippen LogP) is 6.27. The van der Waals surface area contributed by atoms with E-state index in [0.717, 1.165) is 50.7 Å². The summed E-state index contributed by atoms with van der Waals surface area (Å²) in [6, 6.07) is 21.7. The molecule has 0 saturated carbocycles. The lowest BCUT2D eigenvalue weighted by Gasteiger charge is -2.36. The topological polar surface area (TPSA) is 30.3 Å². The molecule has 1 heterocycles. The fourth-order valence-corrected chi connectivity index (χ4v) is 5.16. The summed E-state index contributed by atoms with van der Waals surface area (Å²) in [5, 5.41) is 8.42. The van der Waals surface area contributed by atoms with E-state index < -0.39 is 0 Å². The largest absolute Gasteiger partial charge is 0.358 e. The lowest BCUT2D eigenvalue weighted by Crippen LogP contribution is -2.48. The van der Waals surface area contributed by atoms with E-state index in [9.17, 15) is 0 Å². The number of nitrogens with zero attached hydrogens (tertiary/aromatic N) is 2. The highest BCUT2D eigenvalue weighted by molar-refractivity contribution is 7.99. The highest BCUT2D eigenvalue weighted by atomic mass is 32.2. The summed E-state index contributed by atoms with van der Waals surface area (Å²) in [5.41, 5.74) is 4.17. The summed E-state index contributed by atoms with van der Waals surface area (Å²) >= 11 is 2.01. The van der Waals surface area contributed by atoms with Crippen molar-refractivity contribution in [1.29, 1.82) is 5.41 Å². The molecule has 33 heavy (non-hydrogen) atoms. The molecule has 0 unspecified atom stereocenters. The van der Waals surface area contributed by atoms with Crippen LogP contribution < -0.4 is 0 Å². The number of amidine groups is 1. The smallest absolute Gasteiger partial charge is 0.0955 e. The molecule has 1 aliphatic heterocycles. The number of hydrogen-bond donors (Lipinski definition) is 1. The van der Waals surface area contributed by atoms with Gasteiger partial charge in [-0.3, -0.25) is 10.3 Å². The van der Waals surface area contributed by atoms with Crippen molar-refractivity contribution in [2.24, 2.45) is 0 Å². The zero-order valence-electron chi connectivity index (χ0n) is 20.0. The molecule has 1 N–H and O–H groups in total. The number of allylic oxidation sites excluding steroid dienone is 3. The van der Waals surface area contributed by atoms with E-state index in [0.29, 0.717) is 5.25 Å². The van der Waals surface area contributed by atoms with Crippen molar-refractivity contribution in [2.45, 2.75) is 25.5 Å². The van der Waals surface area contributed by atoms with Gasteiger partial charge in [-0.15, -0.1) is 24.6 Å². The second kappa shape index (κ2) is 15.2. The highest BCUT2D eigenvalue weighted by Gasteiger charge is 2.20. The van der Waals surface area contributed by atoms with Gasteiger partial charge in [-0.2, -0.15) is 0 Å². The number of thioether (sulfide) groups is 1. The van der Waals surface area contributed by atoms with E-state index in [1.54, 1.807) is 0 Å². The number of nitrogens with one attached hydrogen (secondary N) is 1. The molecule has 1 saturated heterocycles. The van der Waals surface area contributed by atoms with Crippen LogP contribution in [-0.4, -0.2) is 54.1 Å². The molecule has 1 fully saturated rings. The first-order chi connectivity index (χ1) is 16.2. The van der Waals surface area contributed by atoms with Crippen molar-refractivity contribution in [3.63, 3.8) is 0 Å². The van der Waals surface area contributed by atoms with Crippen molar-refractivity contribution in [2.75, 3.05) is 38.5 Å². The standard InChI is InChI=1S/C27H35N3S.C2H2/c1-3-5-12-23(21-29-17-19-30(20-18-29)26(28)4-2)22-31-27(24-13-8-6-9-14-24)25-15-10-7-11-16-25;1-2/h3,5-16,27-28H,4,17-22H2,1-2H3;1-2H/b5-3-,23-12-,28-26?;. The van der Waals surface area contributed by atoms with Gasteiger partial charge < -0.3 is 4.90 Å². The number of terminal acetylenes is 1. The Hall–Kier alpha value is -2.74. The first-order valence-corrected chi connectivity index (χ1v) is 12.7. The Bertz CT molecular complexity index is 855. The third-order valence-electron chi connectivity index (χ3n) is 5.68. The summed E-state index contributed by atoms with van der Waals surface area (Å²) in [6.45, 7) is 9.14. The number of rotatable bonds is 9. The van der Waals surface area contributed by atoms with E-state index >= 15 is 0 Å². The van der Waals surface area contributed by atoms with E-state index in [1.807, 2.05) is 11.8 Å². The number of benzene rings is 2. The van der Waals surface area contributed by atoms with Crippen LogP contribution in [0.4, 0.5) is 0 Å². The minimum absolute atomic E-state index is 0.332. The maximum absolute atomic E-state index is 8.09. The maximum Gasteiger partial charge on any atom is 0.0955 e. The Balaban J connectivity index is 0.00000187. The van der Waals surface area contributed by atoms with Gasteiger partial charge >= 0.3 is 0 Å². The summed E-state index contributed by atoms with van der Waals surface area (Å²) in [4.78, 5) is 4.76. The van der Waals surface area contributed by atoms with Gasteiger partial charge in [0.15, 0.2) is 0 Å². The molecule has 3 rings (SSSR count). The van der Waals surface area contributed by atoms with Gasteiger partial charge in [-0.05, 0) is 23.6 Å². The van der Waals surface area contributed by atoms with Crippen LogP contribution in [0.1, 0.15) is 36.6 Å². The van der Waals surface area contributed by atoms with E-state index in [-0.39, 0.29) is 0 Å². The van der Waals surface area contributed by atoms with Gasteiger partial charge in [0.25, 0.3) is 0 Å². The molecule has 2 aromatic carbocycles. The monoisotopic (exact) mass is 459 g/mol. The van der Waals surface area contributed by atoms with Gasteiger partial charge in [0, 0.05) is 44.9 Å². The summed E-state index contributed by atoms with van der Waals surface area (Å²) in [5.74, 6) is 1.78. The Labute approximate surface area is 205 Å². The lowest BCUT2D eigenvalue weighted by atomic mass is 10.0. The fraction of sp³-hybridized carbons (Fsp3) is 0.345. The molecule has 0 bridgehead atoms. The van der Waals surface area contributed by atoms with Crippen LogP contribution >= 0.6 is 11.8 Å². The Kier molecular flexibility index (Phi) is 12.2. The van der Waals surface area contributed by atoms with Gasteiger partial charge in [0.1, 0.15) is 0 Å². The fourth-order valence-electron chi connectivity index (χ4n) is 3.90. The summed E-state index contributed by atoms with van der Waals surface area (Å²) < 4.78 is 0. The zero-order chi connectivity index (χ0) is 23.9. The third kappa shape index (κ3) is 8.61. The van der Waals surface area contributed by atoms with Crippen molar-refractivity contribution >= 4 is 17.6 Å². The summed E-state index contributed by atoms with van der Waals surface area (Å²) in [6.07, 6.45) is 15.4. The van der Waals surface area contributed by atoms with Crippen molar-refractivity contribution < 1.29 is 0 Å². The molecule has 1 aliphatic rings.